The van der Waals surface area contributed by atoms with Crippen molar-refractivity contribution in [2.75, 3.05) is 33.9 Å². The Morgan fingerprint density at radius 1 is 0.931 bits per heavy atom. The molecule has 11 heteroatoms. The summed E-state index contributed by atoms with van der Waals surface area (Å²) in [6.07, 6.45) is 15.5. The quantitative estimate of drug-likeness (QED) is 0.0303. The van der Waals surface area contributed by atoms with E-state index in [0.29, 0.717) is 57.5 Å². The fourth-order valence-corrected chi connectivity index (χ4v) is 5.81. The van der Waals surface area contributed by atoms with Crippen molar-refractivity contribution >= 4 is 42.0 Å². The number of hydrogen-bond acceptors (Lipinski definition) is 9. The van der Waals surface area contributed by atoms with E-state index in [9.17, 15) is 19.2 Å². The average molecular weight is 798 g/mol. The first kappa shape index (κ1) is 48.5. The van der Waals surface area contributed by atoms with E-state index >= 15 is 0 Å². The standard InChI is InChI=1S/C42H53N3O6.C5H10O2/c1-6-16-38(42(48)49-5)45-41(47)37(22-12-13-27-43-4)44-40(46)24-15-29-51-39-23-14-20-33-18-10-11-21-35(33)36(39)30-34-19-9-8-17-32(34)26-25-31(3)50-28-7-2;1-5(2,3)7-4-6/h6-11,17-21,23,25-26,37-38,43H,1-3,12-16,22,24,27-30H2,4-5H3,(H,44,46)(H,45,47);4H,1-3H3/b26-25-;. The molecule has 0 spiro atoms. The summed E-state index contributed by atoms with van der Waals surface area (Å²) in [5.74, 6) is 0.0840. The highest BCUT2D eigenvalue weighted by molar-refractivity contribution is 5.90. The van der Waals surface area contributed by atoms with Crippen molar-refractivity contribution in [2.24, 2.45) is 0 Å². The summed E-state index contributed by atoms with van der Waals surface area (Å²) < 4.78 is 21.3. The third-order valence-electron chi connectivity index (χ3n) is 8.72. The number of carbonyl (C=O) groups is 4. The molecule has 0 fully saturated rings. The van der Waals surface area contributed by atoms with Gasteiger partial charge < -0.3 is 34.9 Å². The molecule has 314 valence electrons. The molecular weight excluding hydrogens is 735 g/mol. The second-order valence-corrected chi connectivity index (χ2v) is 14.5. The fraction of sp³-hybridized carbons (Fsp3) is 0.404. The van der Waals surface area contributed by atoms with Gasteiger partial charge in [0.2, 0.25) is 11.8 Å². The van der Waals surface area contributed by atoms with Crippen LogP contribution < -0.4 is 26.4 Å². The van der Waals surface area contributed by atoms with Gasteiger partial charge in [-0.1, -0.05) is 86.0 Å². The van der Waals surface area contributed by atoms with Gasteiger partial charge in [0.1, 0.15) is 35.8 Å². The fourth-order valence-electron chi connectivity index (χ4n) is 5.81. The predicted octanol–water partition coefficient (Wildman–Crippen LogP) is 5.74. The Morgan fingerprint density at radius 3 is 2.34 bits per heavy atom. The largest absolute Gasteiger partial charge is 0.494 e. The minimum atomic E-state index is -0.871. The minimum absolute atomic E-state index is 0.171. The van der Waals surface area contributed by atoms with Crippen LogP contribution in [0.5, 0.6) is 0 Å². The molecule has 3 rings (SSSR count). The predicted molar refractivity (Wildman–Crippen MR) is 231 cm³/mol. The molecule has 11 nitrogen and oxygen atoms in total. The molecule has 3 N–H and O–H groups in total. The van der Waals surface area contributed by atoms with Crippen LogP contribution in [0.25, 0.3) is 17.7 Å². The molecule has 0 saturated carbocycles. The van der Waals surface area contributed by atoms with E-state index in [2.05, 4.69) is 76.8 Å². The van der Waals surface area contributed by atoms with Crippen molar-refractivity contribution in [3.05, 3.63) is 126 Å². The van der Waals surface area contributed by atoms with Crippen molar-refractivity contribution in [3.8, 4) is 0 Å². The van der Waals surface area contributed by atoms with Gasteiger partial charge in [-0.2, -0.15) is 0 Å². The first-order valence-electron chi connectivity index (χ1n) is 19.7. The van der Waals surface area contributed by atoms with Gasteiger partial charge in [0, 0.05) is 18.4 Å². The molecule has 2 atom stereocenters. The van der Waals surface area contributed by atoms with Crippen molar-refractivity contribution in [3.63, 3.8) is 0 Å². The Balaban J connectivity index is 0.00000151. The normalized spacial score (nSPS) is 13.1. The molecule has 58 heavy (non-hydrogen) atoms. The molecule has 0 heterocycles. The van der Waals surface area contributed by atoms with Crippen LogP contribution in [0.4, 0.5) is 0 Å². The monoisotopic (exact) mass is 797 g/mol. The number of benzene rings is 2. The van der Waals surface area contributed by atoms with E-state index < -0.39 is 24.0 Å². The number of amides is 2. The van der Waals surface area contributed by atoms with Gasteiger partial charge in [0.05, 0.1) is 13.7 Å². The maximum atomic E-state index is 13.2. The number of fused-ring (bicyclic) bond motifs is 1. The Labute approximate surface area is 344 Å². The van der Waals surface area contributed by atoms with Crippen LogP contribution >= 0.6 is 0 Å². The van der Waals surface area contributed by atoms with Gasteiger partial charge in [-0.15, -0.1) is 6.58 Å². The average Bonchev–Trinajstić information content (AvgIpc) is 3.37. The number of nitrogens with one attached hydrogen (secondary N) is 3. The van der Waals surface area contributed by atoms with Gasteiger partial charge in [-0.3, -0.25) is 14.4 Å². The third kappa shape index (κ3) is 18.5. The molecular formula is C47H63N3O8. The molecule has 1 aliphatic rings. The molecule has 2 amide bonds. The van der Waals surface area contributed by atoms with Crippen molar-refractivity contribution in [1.29, 1.82) is 0 Å². The minimum Gasteiger partial charge on any atom is -0.494 e. The molecule has 0 aromatic heterocycles. The van der Waals surface area contributed by atoms with Crippen LogP contribution in [0.3, 0.4) is 0 Å². The van der Waals surface area contributed by atoms with Crippen LogP contribution in [0, 0.1) is 0 Å². The molecule has 0 bridgehead atoms. The summed E-state index contributed by atoms with van der Waals surface area (Å²) in [5.41, 5.74) is 2.90. The lowest BCUT2D eigenvalue weighted by atomic mass is 9.96. The summed E-state index contributed by atoms with van der Waals surface area (Å²) in [5, 5.41) is 10.9. The van der Waals surface area contributed by atoms with E-state index in [1.807, 2.05) is 64.2 Å². The second kappa shape index (κ2) is 27.0. The van der Waals surface area contributed by atoms with Crippen LogP contribution in [0.15, 0.2) is 104 Å². The summed E-state index contributed by atoms with van der Waals surface area (Å²) in [6, 6.07) is 14.8. The van der Waals surface area contributed by atoms with E-state index in [0.717, 1.165) is 45.9 Å². The SMILES string of the molecule is C=CCOC(=C)/C=C\c1ccccc1CC1=c2ccccc2=CCC=C1OCCCC(=O)NC(CCCCNC)C(=O)NC(CC=C)C(=O)OC.CC(C)(C)OC=O. The van der Waals surface area contributed by atoms with E-state index in [-0.39, 0.29) is 24.3 Å². The first-order valence-corrected chi connectivity index (χ1v) is 19.7. The zero-order chi connectivity index (χ0) is 42.8. The van der Waals surface area contributed by atoms with Gasteiger partial charge in [0.25, 0.3) is 6.47 Å². The molecule has 2 aromatic carbocycles. The Hall–Kier alpha value is -5.68. The summed E-state index contributed by atoms with van der Waals surface area (Å²) >= 11 is 0. The lowest BCUT2D eigenvalue weighted by Gasteiger charge is -2.22. The highest BCUT2D eigenvalue weighted by Crippen LogP contribution is 2.23. The van der Waals surface area contributed by atoms with Crippen LogP contribution in [-0.2, 0) is 44.5 Å². The van der Waals surface area contributed by atoms with Crippen molar-refractivity contribution < 1.29 is 38.1 Å². The van der Waals surface area contributed by atoms with Crippen molar-refractivity contribution in [2.45, 2.75) is 89.8 Å². The van der Waals surface area contributed by atoms with E-state index in [4.69, 9.17) is 14.2 Å². The van der Waals surface area contributed by atoms with Gasteiger partial charge >= 0.3 is 5.97 Å². The number of methoxy groups -OCH3 is 1. The van der Waals surface area contributed by atoms with Crippen LogP contribution in [-0.4, -0.2) is 75.9 Å². The first-order chi connectivity index (χ1) is 27.9. The molecule has 1 aliphatic carbocycles. The van der Waals surface area contributed by atoms with Crippen LogP contribution in [0.2, 0.25) is 0 Å². The molecule has 0 radical (unpaired) electrons. The number of allylic oxidation sites excluding steroid dienone is 3. The van der Waals surface area contributed by atoms with Crippen LogP contribution in [0.1, 0.15) is 76.8 Å². The topological polar surface area (TPSA) is 141 Å². The molecule has 2 aromatic rings. The lowest BCUT2D eigenvalue weighted by Crippen LogP contribution is -2.51. The summed E-state index contributed by atoms with van der Waals surface area (Å²) in [6.45, 7) is 18.7. The number of ether oxygens (including phenoxy) is 4. The number of carbonyl (C=O) groups excluding carboxylic acids is 4. The van der Waals surface area contributed by atoms with Gasteiger partial charge in [-0.05, 0) is 107 Å². The number of unbranched alkanes of at least 4 members (excludes halogenated alkanes) is 1. The zero-order valence-electron chi connectivity index (χ0n) is 35.0. The molecule has 0 saturated heterocycles. The third-order valence-corrected chi connectivity index (χ3v) is 8.72. The Morgan fingerprint density at radius 2 is 1.67 bits per heavy atom. The Bertz CT molecular complexity index is 1860. The van der Waals surface area contributed by atoms with Gasteiger partial charge in [-0.25, -0.2) is 4.79 Å². The number of esters is 1. The Kier molecular flexibility index (Phi) is 22.6. The number of rotatable bonds is 24. The summed E-state index contributed by atoms with van der Waals surface area (Å²) in [4.78, 5) is 48.1. The van der Waals surface area contributed by atoms with Crippen molar-refractivity contribution in [1.82, 2.24) is 16.0 Å². The highest BCUT2D eigenvalue weighted by atomic mass is 16.5. The maximum absolute atomic E-state index is 13.2. The molecule has 2 unspecified atom stereocenters. The smallest absolute Gasteiger partial charge is 0.328 e. The second-order valence-electron chi connectivity index (χ2n) is 14.5. The molecule has 0 aliphatic heterocycles. The zero-order valence-corrected chi connectivity index (χ0v) is 35.0. The highest BCUT2D eigenvalue weighted by Gasteiger charge is 2.26. The van der Waals surface area contributed by atoms with E-state index in [1.54, 1.807) is 12.2 Å². The van der Waals surface area contributed by atoms with Gasteiger partial charge in [0.15, 0.2) is 0 Å². The van der Waals surface area contributed by atoms with E-state index in [1.165, 1.54) is 7.11 Å². The maximum Gasteiger partial charge on any atom is 0.328 e. The number of hydrogen-bond donors (Lipinski definition) is 3. The lowest BCUT2D eigenvalue weighted by molar-refractivity contribution is -0.145. The summed E-state index contributed by atoms with van der Waals surface area (Å²) in [7, 11) is 3.13.